The van der Waals surface area contributed by atoms with Gasteiger partial charge < -0.3 is 0 Å². The maximum Gasteiger partial charge on any atom is 0.270 e. The number of benzene rings is 2. The van der Waals surface area contributed by atoms with Gasteiger partial charge in [0.25, 0.3) is 5.69 Å². The summed E-state index contributed by atoms with van der Waals surface area (Å²) >= 11 is 1.07. The number of nitro benzene ring substituents is 1. The smallest absolute Gasteiger partial charge is 0.270 e. The molecule has 0 aliphatic carbocycles. The maximum atomic E-state index is 12.8. The normalized spacial score (nSPS) is 13.2. The van der Waals surface area contributed by atoms with E-state index in [-0.39, 0.29) is 22.1 Å². The molecule has 1 amide bonds. The zero-order valence-electron chi connectivity index (χ0n) is 16.0. The first-order valence-electron chi connectivity index (χ1n) is 8.88. The van der Waals surface area contributed by atoms with Crippen LogP contribution in [0.2, 0.25) is 0 Å². The fourth-order valence-electron chi connectivity index (χ4n) is 3.17. The zero-order chi connectivity index (χ0) is 21.4. The van der Waals surface area contributed by atoms with Crippen molar-refractivity contribution in [1.29, 1.82) is 0 Å². The Morgan fingerprint density at radius 1 is 1.00 bits per heavy atom. The number of ketones is 1. The number of non-ortho nitro benzene ring substituents is 1. The lowest BCUT2D eigenvalue weighted by Gasteiger charge is -2.32. The van der Waals surface area contributed by atoms with Crippen LogP contribution in [0.15, 0.2) is 64.7 Å². The summed E-state index contributed by atoms with van der Waals surface area (Å²) in [7, 11) is 0. The topological polar surface area (TPSA) is 111 Å². The highest BCUT2D eigenvalue weighted by Crippen LogP contribution is 2.41. The third kappa shape index (κ3) is 3.26. The fourth-order valence-corrected chi connectivity index (χ4v) is 4.13. The van der Waals surface area contributed by atoms with Crippen LogP contribution < -0.4 is 5.01 Å². The molecular weight excluding hydrogens is 406 g/mol. The van der Waals surface area contributed by atoms with Crippen molar-refractivity contribution in [3.8, 4) is 11.4 Å². The highest BCUT2D eigenvalue weighted by Gasteiger charge is 2.35. The Morgan fingerprint density at radius 3 is 2.33 bits per heavy atom. The minimum absolute atomic E-state index is 0.144. The first-order valence-corrected chi connectivity index (χ1v) is 9.70. The number of allylic oxidation sites excluding steroid dienone is 1. The van der Waals surface area contributed by atoms with Crippen LogP contribution >= 0.6 is 11.8 Å². The van der Waals surface area contributed by atoms with Gasteiger partial charge in [-0.15, -0.1) is 10.2 Å². The third-order valence-corrected chi connectivity index (χ3v) is 5.53. The number of nitrogens with zero attached hydrogens (tertiary/aromatic N) is 5. The predicted octanol–water partition coefficient (Wildman–Crippen LogP) is 3.40. The second-order valence-corrected chi connectivity index (χ2v) is 7.44. The van der Waals surface area contributed by atoms with Crippen molar-refractivity contribution >= 4 is 34.8 Å². The molecule has 0 N–H and O–H groups in total. The van der Waals surface area contributed by atoms with Crippen molar-refractivity contribution in [2.45, 2.75) is 19.0 Å². The maximum absolute atomic E-state index is 12.8. The fraction of sp³-hybridized carbons (Fsp3) is 0.100. The van der Waals surface area contributed by atoms with E-state index in [2.05, 4.69) is 10.2 Å². The number of fused-ring (bicyclic) bond motifs is 1. The first-order chi connectivity index (χ1) is 14.4. The Hall–Kier alpha value is -3.79. The van der Waals surface area contributed by atoms with Gasteiger partial charge in [0.2, 0.25) is 11.1 Å². The van der Waals surface area contributed by atoms with Crippen LogP contribution in [0.25, 0.3) is 17.1 Å². The molecule has 0 saturated heterocycles. The summed E-state index contributed by atoms with van der Waals surface area (Å²) in [5.41, 5.74) is 1.21. The Bertz CT molecular complexity index is 1220. The Kier molecular flexibility index (Phi) is 4.92. The molecule has 0 spiro atoms. The van der Waals surface area contributed by atoms with E-state index in [1.165, 1.54) is 41.7 Å². The summed E-state index contributed by atoms with van der Waals surface area (Å²) in [4.78, 5) is 36.2. The van der Waals surface area contributed by atoms with Gasteiger partial charge in [-0.05, 0) is 18.7 Å². The van der Waals surface area contributed by atoms with Gasteiger partial charge in [-0.25, -0.2) is 5.01 Å². The zero-order valence-corrected chi connectivity index (χ0v) is 16.8. The van der Waals surface area contributed by atoms with Crippen LogP contribution in [0.3, 0.4) is 0 Å². The molecule has 1 aliphatic rings. The number of rotatable bonds is 4. The van der Waals surface area contributed by atoms with E-state index in [1.807, 2.05) is 30.3 Å². The van der Waals surface area contributed by atoms with Gasteiger partial charge in [-0.1, -0.05) is 42.5 Å². The van der Waals surface area contributed by atoms with Crippen molar-refractivity contribution in [2.75, 3.05) is 5.01 Å². The number of aromatic nitrogens is 3. The van der Waals surface area contributed by atoms with E-state index >= 15 is 0 Å². The lowest BCUT2D eigenvalue weighted by molar-refractivity contribution is -0.384. The molecule has 0 bridgehead atoms. The van der Waals surface area contributed by atoms with Gasteiger partial charge >= 0.3 is 0 Å². The molecule has 10 heteroatoms. The Morgan fingerprint density at radius 2 is 1.70 bits per heavy atom. The number of carbonyl (C=O) groups is 2. The van der Waals surface area contributed by atoms with Crippen molar-refractivity contribution < 1.29 is 14.5 Å². The highest BCUT2D eigenvalue weighted by molar-refractivity contribution is 8.04. The minimum atomic E-state index is -0.523. The third-order valence-electron chi connectivity index (χ3n) is 4.41. The average Bonchev–Trinajstić information content (AvgIpc) is 3.16. The summed E-state index contributed by atoms with van der Waals surface area (Å²) in [5, 5.41) is 21.3. The molecule has 4 rings (SSSR count). The predicted molar refractivity (Wildman–Crippen MR) is 111 cm³/mol. The van der Waals surface area contributed by atoms with E-state index in [0.717, 1.165) is 17.3 Å². The second kappa shape index (κ2) is 7.56. The summed E-state index contributed by atoms with van der Waals surface area (Å²) in [6.45, 7) is 2.73. The van der Waals surface area contributed by atoms with Crippen molar-refractivity contribution in [2.24, 2.45) is 0 Å². The number of carbonyl (C=O) groups excluding carboxylic acids is 2. The number of thioether (sulfide) groups is 1. The van der Waals surface area contributed by atoms with Crippen molar-refractivity contribution in [1.82, 2.24) is 14.9 Å². The van der Waals surface area contributed by atoms with Gasteiger partial charge in [0.1, 0.15) is 0 Å². The Labute approximate surface area is 175 Å². The van der Waals surface area contributed by atoms with Crippen molar-refractivity contribution in [3.05, 3.63) is 75.2 Å². The molecule has 2 heterocycles. The van der Waals surface area contributed by atoms with Crippen LogP contribution in [-0.4, -0.2) is 31.5 Å². The highest BCUT2D eigenvalue weighted by atomic mass is 32.2. The molecule has 30 heavy (non-hydrogen) atoms. The molecule has 9 nitrogen and oxygen atoms in total. The molecule has 1 aliphatic heterocycles. The monoisotopic (exact) mass is 421 g/mol. The summed E-state index contributed by atoms with van der Waals surface area (Å²) < 4.78 is 1.53. The summed E-state index contributed by atoms with van der Waals surface area (Å²) in [5.74, 6) is -0.268. The molecule has 150 valence electrons. The van der Waals surface area contributed by atoms with Gasteiger partial charge in [0, 0.05) is 30.2 Å². The van der Waals surface area contributed by atoms with Gasteiger partial charge in [0.05, 0.1) is 15.5 Å². The van der Waals surface area contributed by atoms with Crippen molar-refractivity contribution in [3.63, 3.8) is 0 Å². The van der Waals surface area contributed by atoms with Crippen LogP contribution in [0.1, 0.15) is 19.4 Å². The van der Waals surface area contributed by atoms with E-state index in [4.69, 9.17) is 0 Å². The number of Topliss-reactive ketones (excluding diaryl/α,β-unsaturated/α-hetero) is 1. The average molecular weight is 421 g/mol. The molecule has 2 aromatic carbocycles. The molecule has 0 fully saturated rings. The molecule has 3 aromatic rings. The molecule has 0 saturated carbocycles. The van der Waals surface area contributed by atoms with E-state index in [1.54, 1.807) is 6.07 Å². The van der Waals surface area contributed by atoms with Gasteiger partial charge in [-0.3, -0.25) is 19.7 Å². The number of hydrogen-bond donors (Lipinski definition) is 0. The number of hydrogen-bond acceptors (Lipinski definition) is 7. The van der Waals surface area contributed by atoms with E-state index < -0.39 is 10.8 Å². The molecule has 0 radical (unpaired) electrons. The summed E-state index contributed by atoms with van der Waals surface area (Å²) in [6, 6.07) is 15.0. The van der Waals surface area contributed by atoms with E-state index in [0.29, 0.717) is 16.5 Å². The summed E-state index contributed by atoms with van der Waals surface area (Å²) in [6.07, 6.45) is 0. The minimum Gasteiger partial charge on any atom is -0.294 e. The SMILES string of the molecule is CC(=O)C1=C(c2cccc([N+](=O)[O-])c2)N(C(C)=O)n2c(nnc2-c2ccccc2)S1. The molecule has 0 unspecified atom stereocenters. The molecular formula is C20H15N5O4S. The second-order valence-electron chi connectivity index (χ2n) is 6.46. The largest absolute Gasteiger partial charge is 0.294 e. The number of amides is 1. The van der Waals surface area contributed by atoms with E-state index in [9.17, 15) is 19.7 Å². The molecule has 1 aromatic heterocycles. The van der Waals surface area contributed by atoms with Crippen LogP contribution in [0, 0.1) is 10.1 Å². The standard InChI is InChI=1S/C20H15N5O4S/c1-12(26)18-17(15-9-6-10-16(11-15)25(28)29)23(13(2)27)24-19(21-22-20(24)30-18)14-7-4-3-5-8-14/h3-11H,1-2H3. The first kappa shape index (κ1) is 19.5. The number of nitro groups is 1. The van der Waals surface area contributed by atoms with Gasteiger partial charge in [0.15, 0.2) is 11.6 Å². The quantitative estimate of drug-likeness (QED) is 0.469. The Balaban J connectivity index is 1.98. The lowest BCUT2D eigenvalue weighted by Crippen LogP contribution is -2.41. The van der Waals surface area contributed by atoms with Crippen LogP contribution in [0.5, 0.6) is 0 Å². The van der Waals surface area contributed by atoms with Crippen LogP contribution in [0.4, 0.5) is 5.69 Å². The lowest BCUT2D eigenvalue weighted by atomic mass is 10.1. The molecule has 0 atom stereocenters. The van der Waals surface area contributed by atoms with Crippen LogP contribution in [-0.2, 0) is 9.59 Å². The van der Waals surface area contributed by atoms with Gasteiger partial charge in [-0.2, -0.15) is 4.68 Å².